The van der Waals surface area contributed by atoms with Crippen LogP contribution >= 0.6 is 0 Å². The number of likely N-dealkylation sites (N-methyl/N-ethyl adjacent to an activating group) is 1. The van der Waals surface area contributed by atoms with Crippen LogP contribution in [-0.4, -0.2) is 76.9 Å². The van der Waals surface area contributed by atoms with Crippen molar-refractivity contribution >= 4 is 11.9 Å². The number of methoxy groups -OCH3 is 1. The third-order valence-corrected chi connectivity index (χ3v) is 5.07. The summed E-state index contributed by atoms with van der Waals surface area (Å²) >= 11 is 0. The number of hydrogen-bond donors (Lipinski definition) is 2. The van der Waals surface area contributed by atoms with Gasteiger partial charge in [0.2, 0.25) is 5.91 Å². The largest absolute Gasteiger partial charge is 0.385 e. The van der Waals surface area contributed by atoms with Crippen LogP contribution < -0.4 is 10.6 Å². The minimum absolute atomic E-state index is 0.00413. The molecule has 1 amide bonds. The highest BCUT2D eigenvalue weighted by Gasteiger charge is 2.41. The Bertz CT molecular complexity index is 444. The molecule has 144 valence electrons. The molecule has 1 unspecified atom stereocenters. The van der Waals surface area contributed by atoms with Crippen molar-refractivity contribution in [2.45, 2.75) is 44.6 Å². The van der Waals surface area contributed by atoms with Crippen molar-refractivity contribution in [3.05, 3.63) is 0 Å². The van der Waals surface area contributed by atoms with Gasteiger partial charge >= 0.3 is 0 Å². The summed E-state index contributed by atoms with van der Waals surface area (Å²) in [7, 11) is 5.24. The molecule has 2 rings (SSSR count). The van der Waals surface area contributed by atoms with E-state index < -0.39 is 0 Å². The fraction of sp³-hybridized carbons (Fsp3) is 0.889. The normalized spacial score (nSPS) is 22.4. The first-order chi connectivity index (χ1) is 12.0. The Morgan fingerprint density at radius 2 is 2.12 bits per heavy atom. The molecule has 0 bridgehead atoms. The number of aliphatic imine (C=N–C) groups is 1. The van der Waals surface area contributed by atoms with E-state index in [0.29, 0.717) is 11.4 Å². The van der Waals surface area contributed by atoms with Crippen molar-refractivity contribution in [1.82, 2.24) is 15.5 Å². The van der Waals surface area contributed by atoms with E-state index >= 15 is 0 Å². The van der Waals surface area contributed by atoms with Gasteiger partial charge in [0.15, 0.2) is 5.96 Å². The Balaban J connectivity index is 1.84. The first-order valence-electron chi connectivity index (χ1n) is 9.37. The predicted octanol–water partition coefficient (Wildman–Crippen LogP) is 0.996. The van der Waals surface area contributed by atoms with E-state index in [9.17, 15) is 4.79 Å². The zero-order valence-electron chi connectivity index (χ0n) is 16.0. The van der Waals surface area contributed by atoms with E-state index in [4.69, 9.17) is 9.47 Å². The van der Waals surface area contributed by atoms with Gasteiger partial charge < -0.3 is 25.0 Å². The van der Waals surface area contributed by atoms with Gasteiger partial charge in [-0.2, -0.15) is 0 Å². The van der Waals surface area contributed by atoms with Crippen LogP contribution in [0.15, 0.2) is 4.99 Å². The number of rotatable bonds is 9. The summed E-state index contributed by atoms with van der Waals surface area (Å²) in [5.41, 5.74) is 0.325. The van der Waals surface area contributed by atoms with Crippen LogP contribution in [0.5, 0.6) is 0 Å². The fourth-order valence-corrected chi connectivity index (χ4v) is 2.92. The molecule has 1 aliphatic carbocycles. The van der Waals surface area contributed by atoms with Crippen LogP contribution in [0.2, 0.25) is 0 Å². The maximum absolute atomic E-state index is 11.8. The van der Waals surface area contributed by atoms with Gasteiger partial charge in [0, 0.05) is 47.5 Å². The molecule has 7 nitrogen and oxygen atoms in total. The van der Waals surface area contributed by atoms with E-state index in [1.54, 1.807) is 26.1 Å². The maximum Gasteiger partial charge on any atom is 0.243 e. The number of amides is 1. The molecule has 7 heteroatoms. The summed E-state index contributed by atoms with van der Waals surface area (Å²) in [6, 6.07) is 0. The molecule has 1 aliphatic heterocycles. The predicted molar refractivity (Wildman–Crippen MR) is 98.8 cm³/mol. The first-order valence-corrected chi connectivity index (χ1v) is 9.37. The second kappa shape index (κ2) is 9.97. The highest BCUT2D eigenvalue weighted by atomic mass is 16.5. The SMILES string of the molecule is COCCC1(CNC(=NCC(=O)N(C)C)NCC2CCCCO2)CC1. The fourth-order valence-electron chi connectivity index (χ4n) is 2.92. The van der Waals surface area contributed by atoms with E-state index in [-0.39, 0.29) is 18.6 Å². The molecule has 0 aromatic rings. The Morgan fingerprint density at radius 3 is 2.72 bits per heavy atom. The third kappa shape index (κ3) is 7.20. The van der Waals surface area contributed by atoms with E-state index in [2.05, 4.69) is 15.6 Å². The van der Waals surface area contributed by atoms with Crippen molar-refractivity contribution in [2.75, 3.05) is 54.1 Å². The van der Waals surface area contributed by atoms with Gasteiger partial charge in [-0.3, -0.25) is 4.79 Å². The second-order valence-electron chi connectivity index (χ2n) is 7.42. The third-order valence-electron chi connectivity index (χ3n) is 5.07. The summed E-state index contributed by atoms with van der Waals surface area (Å²) in [5.74, 6) is 0.698. The van der Waals surface area contributed by atoms with Crippen LogP contribution in [0.25, 0.3) is 0 Å². The molecule has 1 saturated heterocycles. The Morgan fingerprint density at radius 1 is 1.32 bits per heavy atom. The van der Waals surface area contributed by atoms with Crippen molar-refractivity contribution in [3.8, 4) is 0 Å². The second-order valence-corrected chi connectivity index (χ2v) is 7.42. The number of ether oxygens (including phenoxy) is 2. The molecule has 25 heavy (non-hydrogen) atoms. The number of carbonyl (C=O) groups is 1. The number of carbonyl (C=O) groups excluding carboxylic acids is 1. The number of guanidine groups is 1. The van der Waals surface area contributed by atoms with Crippen LogP contribution in [0.3, 0.4) is 0 Å². The zero-order chi connectivity index (χ0) is 18.1. The van der Waals surface area contributed by atoms with Gasteiger partial charge in [-0.25, -0.2) is 4.99 Å². The Kier molecular flexibility index (Phi) is 7.96. The molecule has 0 aromatic carbocycles. The Hall–Kier alpha value is -1.34. The van der Waals surface area contributed by atoms with E-state index in [0.717, 1.165) is 45.6 Å². The average Bonchev–Trinajstić information content (AvgIpc) is 3.40. The molecule has 0 aromatic heterocycles. The van der Waals surface area contributed by atoms with Crippen molar-refractivity contribution in [1.29, 1.82) is 0 Å². The number of nitrogens with one attached hydrogen (secondary N) is 2. The minimum atomic E-state index is -0.00413. The summed E-state index contributed by atoms with van der Waals surface area (Å²) in [6.45, 7) is 3.37. The van der Waals surface area contributed by atoms with Crippen LogP contribution in [0.4, 0.5) is 0 Å². The highest BCUT2D eigenvalue weighted by Crippen LogP contribution is 2.48. The lowest BCUT2D eigenvalue weighted by Crippen LogP contribution is -2.45. The molecule has 2 N–H and O–H groups in total. The quantitative estimate of drug-likeness (QED) is 0.477. The van der Waals surface area contributed by atoms with Gasteiger partial charge in [0.05, 0.1) is 6.10 Å². The van der Waals surface area contributed by atoms with Gasteiger partial charge in [-0.1, -0.05) is 0 Å². The summed E-state index contributed by atoms with van der Waals surface area (Å²) < 4.78 is 11.0. The minimum Gasteiger partial charge on any atom is -0.385 e. The van der Waals surface area contributed by atoms with Crippen LogP contribution in [0, 0.1) is 5.41 Å². The number of hydrogen-bond acceptors (Lipinski definition) is 4. The van der Waals surface area contributed by atoms with Crippen LogP contribution in [-0.2, 0) is 14.3 Å². The van der Waals surface area contributed by atoms with Crippen molar-refractivity contribution in [3.63, 3.8) is 0 Å². The topological polar surface area (TPSA) is 75.2 Å². The van der Waals surface area contributed by atoms with E-state index in [1.165, 1.54) is 19.3 Å². The average molecular weight is 354 g/mol. The smallest absolute Gasteiger partial charge is 0.243 e. The highest BCUT2D eigenvalue weighted by molar-refractivity contribution is 5.84. The molecular formula is C18H34N4O3. The molecule has 2 aliphatic rings. The Labute approximate surface area is 151 Å². The van der Waals surface area contributed by atoms with Crippen LogP contribution in [0.1, 0.15) is 38.5 Å². The molecule has 1 heterocycles. The number of nitrogens with zero attached hydrogens (tertiary/aromatic N) is 2. The van der Waals surface area contributed by atoms with Gasteiger partial charge in [-0.05, 0) is 43.9 Å². The van der Waals surface area contributed by atoms with E-state index in [1.807, 2.05) is 0 Å². The van der Waals surface area contributed by atoms with Crippen molar-refractivity contribution in [2.24, 2.45) is 10.4 Å². The molecule has 2 fully saturated rings. The molecule has 0 spiro atoms. The molecule has 0 radical (unpaired) electrons. The standard InChI is InChI=1S/C18H34N4O3/c1-22(2)16(23)13-20-17(19-12-15-6-4-5-10-25-15)21-14-18(7-8-18)9-11-24-3/h15H,4-14H2,1-3H3,(H2,19,20,21). The molecule has 1 saturated carbocycles. The maximum atomic E-state index is 11.8. The lowest BCUT2D eigenvalue weighted by atomic mass is 10.0. The summed E-state index contributed by atoms with van der Waals surface area (Å²) in [4.78, 5) is 17.8. The lowest BCUT2D eigenvalue weighted by molar-refractivity contribution is -0.127. The van der Waals surface area contributed by atoms with Gasteiger partial charge in [-0.15, -0.1) is 0 Å². The molecular weight excluding hydrogens is 320 g/mol. The monoisotopic (exact) mass is 354 g/mol. The van der Waals surface area contributed by atoms with Gasteiger partial charge in [0.1, 0.15) is 6.54 Å². The summed E-state index contributed by atoms with van der Waals surface area (Å²) in [6.07, 6.45) is 7.17. The van der Waals surface area contributed by atoms with Gasteiger partial charge in [0.25, 0.3) is 0 Å². The molecule has 1 atom stereocenters. The van der Waals surface area contributed by atoms with Crippen molar-refractivity contribution < 1.29 is 14.3 Å². The summed E-state index contributed by atoms with van der Waals surface area (Å²) in [5, 5.41) is 6.77. The lowest BCUT2D eigenvalue weighted by Gasteiger charge is -2.24. The first kappa shape index (κ1) is 20.0. The zero-order valence-corrected chi connectivity index (χ0v) is 16.0.